The molecule has 0 unspecified atom stereocenters. The molecule has 3 heterocycles. The molecule has 0 saturated heterocycles. The minimum absolute atomic E-state index is 0.213. The zero-order chi connectivity index (χ0) is 15.6. The van der Waals surface area contributed by atoms with E-state index in [1.807, 2.05) is 24.3 Å². The first-order valence-electron chi connectivity index (χ1n) is 7.59. The Hall–Kier alpha value is -2.96. The van der Waals surface area contributed by atoms with Crippen LogP contribution in [0.1, 0.15) is 30.1 Å². The van der Waals surface area contributed by atoms with E-state index < -0.39 is 0 Å². The molecule has 1 aliphatic rings. The molecule has 3 aromatic rings. The molecular weight excluding hydrogens is 292 g/mol. The van der Waals surface area contributed by atoms with Crippen molar-refractivity contribution < 1.29 is 0 Å². The molecule has 0 atom stereocenters. The Morgan fingerprint density at radius 2 is 2.13 bits per heavy atom. The molecule has 116 valence electrons. The summed E-state index contributed by atoms with van der Waals surface area (Å²) in [5, 5.41) is 10.4. The lowest BCUT2D eigenvalue weighted by atomic mass is 10.2. The Balaban J connectivity index is 1.56. The van der Waals surface area contributed by atoms with Crippen molar-refractivity contribution in [1.82, 2.24) is 25.1 Å². The maximum atomic E-state index is 11.9. The molecule has 3 aromatic heterocycles. The van der Waals surface area contributed by atoms with Gasteiger partial charge in [-0.2, -0.15) is 5.10 Å². The first-order chi connectivity index (χ1) is 11.3. The first-order valence-corrected chi connectivity index (χ1v) is 7.59. The average Bonchev–Trinajstić information content (AvgIpc) is 3.30. The fraction of sp³-hybridized carbons (Fsp3) is 0.250. The number of rotatable bonds is 5. The molecule has 1 saturated carbocycles. The maximum absolute atomic E-state index is 11.9. The molecule has 0 bridgehead atoms. The summed E-state index contributed by atoms with van der Waals surface area (Å²) >= 11 is 0. The van der Waals surface area contributed by atoms with Crippen LogP contribution in [-0.2, 0) is 6.54 Å². The topological polar surface area (TPSA) is 99.3 Å². The van der Waals surface area contributed by atoms with Gasteiger partial charge in [0.1, 0.15) is 5.69 Å². The molecule has 23 heavy (non-hydrogen) atoms. The van der Waals surface area contributed by atoms with Gasteiger partial charge in [0.05, 0.1) is 17.9 Å². The zero-order valence-corrected chi connectivity index (χ0v) is 12.4. The van der Waals surface area contributed by atoms with Crippen molar-refractivity contribution in [3.63, 3.8) is 0 Å². The number of aromatic amines is 2. The van der Waals surface area contributed by atoms with E-state index in [1.165, 1.54) is 18.9 Å². The molecule has 0 amide bonds. The van der Waals surface area contributed by atoms with Gasteiger partial charge in [-0.05, 0) is 31.0 Å². The fourth-order valence-electron chi connectivity index (χ4n) is 2.42. The highest BCUT2D eigenvalue weighted by Crippen LogP contribution is 2.39. The van der Waals surface area contributed by atoms with E-state index in [0.717, 1.165) is 11.4 Å². The Morgan fingerprint density at radius 1 is 1.22 bits per heavy atom. The lowest BCUT2D eigenvalue weighted by Crippen LogP contribution is -2.13. The van der Waals surface area contributed by atoms with Crippen molar-refractivity contribution in [3.8, 4) is 11.4 Å². The lowest BCUT2D eigenvalue weighted by molar-refractivity contribution is 0.962. The van der Waals surface area contributed by atoms with E-state index in [1.54, 1.807) is 6.20 Å². The Morgan fingerprint density at radius 3 is 2.91 bits per heavy atom. The summed E-state index contributed by atoms with van der Waals surface area (Å²) in [6.45, 7) is 0.487. The summed E-state index contributed by atoms with van der Waals surface area (Å²) < 4.78 is 0. The van der Waals surface area contributed by atoms with Gasteiger partial charge in [-0.25, -0.2) is 4.98 Å². The first kappa shape index (κ1) is 13.7. The average molecular weight is 308 g/mol. The van der Waals surface area contributed by atoms with Crippen LogP contribution in [0.15, 0.2) is 41.3 Å². The van der Waals surface area contributed by atoms with Crippen molar-refractivity contribution >= 4 is 5.95 Å². The molecule has 7 heteroatoms. The van der Waals surface area contributed by atoms with Crippen LogP contribution in [0, 0.1) is 0 Å². The minimum Gasteiger partial charge on any atom is -0.350 e. The molecule has 0 radical (unpaired) electrons. The second-order valence-electron chi connectivity index (χ2n) is 5.64. The number of pyridine rings is 1. The highest BCUT2D eigenvalue weighted by Gasteiger charge is 2.25. The summed E-state index contributed by atoms with van der Waals surface area (Å²) in [5.41, 5.74) is 3.02. The van der Waals surface area contributed by atoms with Crippen LogP contribution in [0.4, 0.5) is 5.95 Å². The van der Waals surface area contributed by atoms with Crippen LogP contribution >= 0.6 is 0 Å². The van der Waals surface area contributed by atoms with E-state index in [2.05, 4.69) is 30.5 Å². The molecular formula is C16H16N6O. The SMILES string of the molecule is O=c1cc(-c2cc(C3CC3)[nH]n2)nc(NCc2ccccn2)[nH]1. The molecule has 1 aliphatic carbocycles. The van der Waals surface area contributed by atoms with E-state index in [-0.39, 0.29) is 5.56 Å². The summed E-state index contributed by atoms with van der Waals surface area (Å²) in [5.74, 6) is 0.995. The molecule has 3 N–H and O–H groups in total. The van der Waals surface area contributed by atoms with Gasteiger partial charge in [-0.15, -0.1) is 0 Å². The van der Waals surface area contributed by atoms with Gasteiger partial charge in [0, 0.05) is 23.9 Å². The normalized spacial score (nSPS) is 13.9. The van der Waals surface area contributed by atoms with Crippen LogP contribution in [0.5, 0.6) is 0 Å². The van der Waals surface area contributed by atoms with Gasteiger partial charge >= 0.3 is 0 Å². The fourth-order valence-corrected chi connectivity index (χ4v) is 2.42. The third kappa shape index (κ3) is 3.13. The second-order valence-corrected chi connectivity index (χ2v) is 5.64. The van der Waals surface area contributed by atoms with Crippen molar-refractivity contribution in [1.29, 1.82) is 0 Å². The predicted molar refractivity (Wildman–Crippen MR) is 86.0 cm³/mol. The zero-order valence-electron chi connectivity index (χ0n) is 12.4. The van der Waals surface area contributed by atoms with Crippen molar-refractivity contribution in [3.05, 3.63) is 58.3 Å². The Labute approximate surface area is 132 Å². The molecule has 7 nitrogen and oxygen atoms in total. The quantitative estimate of drug-likeness (QED) is 0.670. The number of hydrogen-bond donors (Lipinski definition) is 3. The van der Waals surface area contributed by atoms with Crippen LogP contribution < -0.4 is 10.9 Å². The monoisotopic (exact) mass is 308 g/mol. The summed E-state index contributed by atoms with van der Waals surface area (Å²) in [4.78, 5) is 23.2. The Bertz CT molecular complexity index is 866. The van der Waals surface area contributed by atoms with Gasteiger partial charge < -0.3 is 5.32 Å². The highest BCUT2D eigenvalue weighted by molar-refractivity contribution is 5.56. The van der Waals surface area contributed by atoms with Gasteiger partial charge in [-0.3, -0.25) is 19.9 Å². The minimum atomic E-state index is -0.213. The number of anilines is 1. The van der Waals surface area contributed by atoms with E-state index >= 15 is 0 Å². The van der Waals surface area contributed by atoms with E-state index in [4.69, 9.17) is 0 Å². The molecule has 0 spiro atoms. The van der Waals surface area contributed by atoms with Crippen LogP contribution in [-0.4, -0.2) is 25.1 Å². The van der Waals surface area contributed by atoms with Gasteiger partial charge in [0.15, 0.2) is 0 Å². The maximum Gasteiger partial charge on any atom is 0.252 e. The van der Waals surface area contributed by atoms with E-state index in [0.29, 0.717) is 29.8 Å². The van der Waals surface area contributed by atoms with Crippen LogP contribution in [0.25, 0.3) is 11.4 Å². The number of nitrogens with zero attached hydrogens (tertiary/aromatic N) is 3. The third-order valence-corrected chi connectivity index (χ3v) is 3.78. The smallest absolute Gasteiger partial charge is 0.252 e. The second kappa shape index (κ2) is 5.68. The largest absolute Gasteiger partial charge is 0.350 e. The van der Waals surface area contributed by atoms with Crippen LogP contribution in [0.2, 0.25) is 0 Å². The van der Waals surface area contributed by atoms with Gasteiger partial charge in [0.25, 0.3) is 5.56 Å². The molecule has 1 fully saturated rings. The predicted octanol–water partition coefficient (Wildman–Crippen LogP) is 2.04. The third-order valence-electron chi connectivity index (χ3n) is 3.78. The Kier molecular flexibility index (Phi) is 3.38. The van der Waals surface area contributed by atoms with Gasteiger partial charge in [-0.1, -0.05) is 6.07 Å². The molecule has 0 aliphatic heterocycles. The van der Waals surface area contributed by atoms with Crippen molar-refractivity contribution in [2.45, 2.75) is 25.3 Å². The number of hydrogen-bond acceptors (Lipinski definition) is 5. The number of nitrogens with one attached hydrogen (secondary N) is 3. The summed E-state index contributed by atoms with van der Waals surface area (Å²) in [6, 6.07) is 9.12. The number of aromatic nitrogens is 5. The lowest BCUT2D eigenvalue weighted by Gasteiger charge is -2.05. The van der Waals surface area contributed by atoms with Crippen molar-refractivity contribution in [2.24, 2.45) is 0 Å². The standard InChI is InChI=1S/C16H16N6O/c23-15-8-13(14-7-12(21-22-14)10-4-5-10)19-16(20-15)18-9-11-3-1-2-6-17-11/h1-3,6-8,10H,4-5,9H2,(H,21,22)(H2,18,19,20,23). The molecule has 4 rings (SSSR count). The number of H-pyrrole nitrogens is 2. The van der Waals surface area contributed by atoms with Crippen LogP contribution in [0.3, 0.4) is 0 Å². The van der Waals surface area contributed by atoms with E-state index in [9.17, 15) is 4.79 Å². The summed E-state index contributed by atoms with van der Waals surface area (Å²) in [6.07, 6.45) is 4.12. The summed E-state index contributed by atoms with van der Waals surface area (Å²) in [7, 11) is 0. The van der Waals surface area contributed by atoms with Crippen molar-refractivity contribution in [2.75, 3.05) is 5.32 Å². The highest BCUT2D eigenvalue weighted by atomic mass is 16.1. The molecule has 0 aromatic carbocycles. The van der Waals surface area contributed by atoms with Gasteiger partial charge in [0.2, 0.25) is 5.95 Å².